The lowest BCUT2D eigenvalue weighted by molar-refractivity contribution is 0.455. The summed E-state index contributed by atoms with van der Waals surface area (Å²) in [7, 11) is 0. The molecule has 0 radical (unpaired) electrons. The van der Waals surface area contributed by atoms with E-state index in [2.05, 4.69) is 18.2 Å². The fourth-order valence-corrected chi connectivity index (χ4v) is 3.18. The van der Waals surface area contributed by atoms with E-state index in [0.29, 0.717) is 11.3 Å². The van der Waals surface area contributed by atoms with Gasteiger partial charge in [0.1, 0.15) is 11.5 Å². The SMILES string of the molecule is N#CC1=C(c2ccccc2)OC(c2ccccc2)=CC1c1ccccc1. The van der Waals surface area contributed by atoms with Crippen molar-refractivity contribution in [1.82, 2.24) is 0 Å². The lowest BCUT2D eigenvalue weighted by Crippen LogP contribution is -2.10. The standard InChI is InChI=1S/C24H17NO/c25-17-22-21(18-10-4-1-5-11-18)16-23(19-12-6-2-7-13-19)26-24(22)20-14-8-3-9-15-20/h1-16,21H. The molecule has 0 saturated heterocycles. The summed E-state index contributed by atoms with van der Waals surface area (Å²) in [6.07, 6.45) is 2.04. The van der Waals surface area contributed by atoms with Crippen molar-refractivity contribution in [3.8, 4) is 6.07 Å². The van der Waals surface area contributed by atoms with E-state index in [-0.39, 0.29) is 5.92 Å². The van der Waals surface area contributed by atoms with Crippen LogP contribution in [0.25, 0.3) is 11.5 Å². The largest absolute Gasteiger partial charge is 0.455 e. The summed E-state index contributed by atoms with van der Waals surface area (Å²) < 4.78 is 6.23. The first-order valence-corrected chi connectivity index (χ1v) is 8.56. The minimum Gasteiger partial charge on any atom is -0.455 e. The second kappa shape index (κ2) is 7.13. The van der Waals surface area contributed by atoms with Crippen LogP contribution in [0.3, 0.4) is 0 Å². The van der Waals surface area contributed by atoms with E-state index in [1.54, 1.807) is 0 Å². The summed E-state index contributed by atoms with van der Waals surface area (Å²) in [4.78, 5) is 0. The zero-order valence-electron chi connectivity index (χ0n) is 14.2. The second-order valence-corrected chi connectivity index (χ2v) is 6.11. The zero-order valence-corrected chi connectivity index (χ0v) is 14.2. The molecule has 26 heavy (non-hydrogen) atoms. The predicted octanol–water partition coefficient (Wildman–Crippen LogP) is 5.78. The van der Waals surface area contributed by atoms with Gasteiger partial charge in [-0.3, -0.25) is 0 Å². The molecule has 0 spiro atoms. The number of ether oxygens (including phenoxy) is 1. The number of benzene rings is 3. The lowest BCUT2D eigenvalue weighted by atomic mass is 9.86. The molecular weight excluding hydrogens is 318 g/mol. The van der Waals surface area contributed by atoms with Gasteiger partial charge in [-0.1, -0.05) is 91.0 Å². The van der Waals surface area contributed by atoms with Gasteiger partial charge in [-0.2, -0.15) is 5.26 Å². The average molecular weight is 335 g/mol. The fourth-order valence-electron chi connectivity index (χ4n) is 3.18. The van der Waals surface area contributed by atoms with Crippen molar-refractivity contribution in [3.05, 3.63) is 119 Å². The van der Waals surface area contributed by atoms with Crippen LogP contribution >= 0.6 is 0 Å². The highest BCUT2D eigenvalue weighted by Gasteiger charge is 2.27. The molecule has 4 rings (SSSR count). The van der Waals surface area contributed by atoms with Gasteiger partial charge in [0.2, 0.25) is 0 Å². The smallest absolute Gasteiger partial charge is 0.149 e. The van der Waals surface area contributed by atoms with Gasteiger partial charge in [-0.05, 0) is 11.6 Å². The molecule has 0 aliphatic carbocycles. The maximum atomic E-state index is 9.89. The average Bonchev–Trinajstić information content (AvgIpc) is 2.74. The van der Waals surface area contributed by atoms with Crippen molar-refractivity contribution < 1.29 is 4.74 Å². The van der Waals surface area contributed by atoms with Crippen LogP contribution < -0.4 is 0 Å². The molecule has 0 N–H and O–H groups in total. The van der Waals surface area contributed by atoms with Crippen LogP contribution in [0.2, 0.25) is 0 Å². The lowest BCUT2D eigenvalue weighted by Gasteiger charge is -2.25. The summed E-state index contributed by atoms with van der Waals surface area (Å²) in [5.74, 6) is 1.26. The van der Waals surface area contributed by atoms with E-state index < -0.39 is 0 Å². The van der Waals surface area contributed by atoms with E-state index in [0.717, 1.165) is 22.4 Å². The van der Waals surface area contributed by atoms with E-state index in [1.165, 1.54) is 0 Å². The van der Waals surface area contributed by atoms with Gasteiger partial charge in [0.15, 0.2) is 0 Å². The molecule has 3 aromatic carbocycles. The van der Waals surface area contributed by atoms with Crippen LogP contribution in [0.1, 0.15) is 22.6 Å². The highest BCUT2D eigenvalue weighted by Crippen LogP contribution is 2.41. The molecular formula is C24H17NO. The molecule has 0 aromatic heterocycles. The molecule has 1 atom stereocenters. The van der Waals surface area contributed by atoms with Crippen molar-refractivity contribution in [2.24, 2.45) is 0 Å². The molecule has 1 unspecified atom stereocenters. The molecule has 0 amide bonds. The summed E-state index contributed by atoms with van der Waals surface area (Å²) in [6.45, 7) is 0. The molecule has 1 aliphatic rings. The van der Waals surface area contributed by atoms with Gasteiger partial charge in [0.05, 0.1) is 11.6 Å². The van der Waals surface area contributed by atoms with Gasteiger partial charge in [-0.15, -0.1) is 0 Å². The maximum absolute atomic E-state index is 9.89. The van der Waals surface area contributed by atoms with Crippen LogP contribution in [0, 0.1) is 11.3 Å². The van der Waals surface area contributed by atoms with Crippen LogP contribution in [0.5, 0.6) is 0 Å². The van der Waals surface area contributed by atoms with Crippen LogP contribution in [-0.4, -0.2) is 0 Å². The minimum absolute atomic E-state index is 0.139. The van der Waals surface area contributed by atoms with E-state index in [1.807, 2.05) is 84.9 Å². The van der Waals surface area contributed by atoms with Crippen LogP contribution in [0.4, 0.5) is 0 Å². The topological polar surface area (TPSA) is 33.0 Å². The molecule has 124 valence electrons. The van der Waals surface area contributed by atoms with Crippen molar-refractivity contribution in [1.29, 1.82) is 5.26 Å². The zero-order chi connectivity index (χ0) is 17.8. The number of nitrogens with zero attached hydrogens (tertiary/aromatic N) is 1. The second-order valence-electron chi connectivity index (χ2n) is 6.11. The maximum Gasteiger partial charge on any atom is 0.149 e. The van der Waals surface area contributed by atoms with Gasteiger partial charge in [-0.25, -0.2) is 0 Å². The van der Waals surface area contributed by atoms with Crippen molar-refractivity contribution in [3.63, 3.8) is 0 Å². The Hall–Kier alpha value is -3.57. The Morgan fingerprint density at radius 1 is 0.692 bits per heavy atom. The molecule has 1 aliphatic heterocycles. The predicted molar refractivity (Wildman–Crippen MR) is 104 cm³/mol. The van der Waals surface area contributed by atoms with Gasteiger partial charge >= 0.3 is 0 Å². The molecule has 0 fully saturated rings. The Labute approximate surface area is 153 Å². The highest BCUT2D eigenvalue weighted by molar-refractivity contribution is 5.79. The monoisotopic (exact) mass is 335 g/mol. The normalized spacial score (nSPS) is 16.4. The molecule has 0 saturated carbocycles. The first kappa shape index (κ1) is 15.9. The minimum atomic E-state index is -0.139. The molecule has 0 bridgehead atoms. The van der Waals surface area contributed by atoms with Crippen molar-refractivity contribution >= 4 is 11.5 Å². The quantitative estimate of drug-likeness (QED) is 0.608. The molecule has 2 nitrogen and oxygen atoms in total. The van der Waals surface area contributed by atoms with Crippen LogP contribution in [0.15, 0.2) is 103 Å². The summed E-state index contributed by atoms with van der Waals surface area (Å²) >= 11 is 0. The molecule has 2 heteroatoms. The summed E-state index contributed by atoms with van der Waals surface area (Å²) in [5.41, 5.74) is 3.61. The van der Waals surface area contributed by atoms with Crippen molar-refractivity contribution in [2.75, 3.05) is 0 Å². The van der Waals surface area contributed by atoms with E-state index >= 15 is 0 Å². The van der Waals surface area contributed by atoms with E-state index in [9.17, 15) is 5.26 Å². The van der Waals surface area contributed by atoms with Gasteiger partial charge in [0.25, 0.3) is 0 Å². The van der Waals surface area contributed by atoms with Crippen molar-refractivity contribution in [2.45, 2.75) is 5.92 Å². The Bertz CT molecular complexity index is 996. The molecule has 3 aromatic rings. The van der Waals surface area contributed by atoms with E-state index in [4.69, 9.17) is 4.74 Å². The third kappa shape index (κ3) is 3.03. The number of hydrogen-bond donors (Lipinski definition) is 0. The Morgan fingerprint density at radius 3 is 1.81 bits per heavy atom. The first-order chi connectivity index (χ1) is 12.9. The third-order valence-corrected chi connectivity index (χ3v) is 4.46. The fraction of sp³-hybridized carbons (Fsp3) is 0.0417. The first-order valence-electron chi connectivity index (χ1n) is 8.56. The summed E-state index contributed by atoms with van der Waals surface area (Å²) in [6, 6.07) is 32.3. The van der Waals surface area contributed by atoms with Gasteiger partial charge in [0, 0.05) is 17.0 Å². The third-order valence-electron chi connectivity index (χ3n) is 4.46. The Morgan fingerprint density at radius 2 is 1.23 bits per heavy atom. The number of nitriles is 1. The van der Waals surface area contributed by atoms with Gasteiger partial charge < -0.3 is 4.74 Å². The number of hydrogen-bond acceptors (Lipinski definition) is 2. The Kier molecular flexibility index (Phi) is 4.37. The van der Waals surface area contributed by atoms with Crippen LogP contribution in [-0.2, 0) is 4.74 Å². The highest BCUT2D eigenvalue weighted by atomic mass is 16.5. The summed E-state index contributed by atoms with van der Waals surface area (Å²) in [5, 5.41) is 9.89. The Balaban J connectivity index is 1.89. The number of allylic oxidation sites excluding steroid dienone is 2. The number of rotatable bonds is 3. The molecule has 1 heterocycles.